The zero-order chi connectivity index (χ0) is 10.8. The Balaban J connectivity index is 1.61. The minimum atomic E-state index is 0.288. The molecule has 0 saturated carbocycles. The van der Waals surface area contributed by atoms with Gasteiger partial charge in [0.1, 0.15) is 12.4 Å². The number of fused-ring (bicyclic) bond motifs is 1. The van der Waals surface area contributed by atoms with Crippen LogP contribution in [0.4, 0.5) is 0 Å². The maximum Gasteiger partial charge on any atom is 0.156 e. The Morgan fingerprint density at radius 3 is 3.06 bits per heavy atom. The Labute approximate surface area is 94.8 Å². The molecule has 0 radical (unpaired) electrons. The molecular formula is C11H16N4O. The van der Waals surface area contributed by atoms with Crippen LogP contribution in [-0.4, -0.2) is 53.2 Å². The molecule has 1 aromatic rings. The van der Waals surface area contributed by atoms with Crippen molar-refractivity contribution in [3.63, 3.8) is 0 Å². The summed E-state index contributed by atoms with van der Waals surface area (Å²) in [4.78, 5) is 10.4. The molecule has 0 aliphatic carbocycles. The van der Waals surface area contributed by atoms with Crippen LogP contribution in [0, 0.1) is 0 Å². The molecule has 1 N–H and O–H groups in total. The predicted molar refractivity (Wildman–Crippen MR) is 59.3 cm³/mol. The molecule has 2 aliphatic heterocycles. The Morgan fingerprint density at radius 2 is 2.25 bits per heavy atom. The van der Waals surface area contributed by atoms with E-state index in [1.807, 2.05) is 0 Å². The molecule has 3 rings (SSSR count). The predicted octanol–water partition coefficient (Wildman–Crippen LogP) is -0.0985. The van der Waals surface area contributed by atoms with E-state index in [2.05, 4.69) is 20.2 Å². The lowest BCUT2D eigenvalue weighted by Gasteiger charge is -2.29. The van der Waals surface area contributed by atoms with Crippen molar-refractivity contribution in [2.45, 2.75) is 18.6 Å². The number of nitrogens with zero attached hydrogens (tertiary/aromatic N) is 3. The largest absolute Gasteiger partial charge is 0.486 e. The summed E-state index contributed by atoms with van der Waals surface area (Å²) in [5.41, 5.74) is 0. The van der Waals surface area contributed by atoms with Crippen LogP contribution in [0.2, 0.25) is 0 Å². The lowest BCUT2D eigenvalue weighted by atomic mass is 10.2. The van der Waals surface area contributed by atoms with Crippen molar-refractivity contribution in [1.82, 2.24) is 20.2 Å². The summed E-state index contributed by atoms with van der Waals surface area (Å²) < 4.78 is 5.87. The second-order valence-corrected chi connectivity index (χ2v) is 4.40. The molecule has 5 heteroatoms. The van der Waals surface area contributed by atoms with Gasteiger partial charge in [-0.05, 0) is 0 Å². The van der Waals surface area contributed by atoms with Crippen molar-refractivity contribution in [3.8, 4) is 5.75 Å². The van der Waals surface area contributed by atoms with E-state index in [0.717, 1.165) is 38.3 Å². The Kier molecular flexibility index (Phi) is 2.71. The van der Waals surface area contributed by atoms with E-state index < -0.39 is 0 Å². The summed E-state index contributed by atoms with van der Waals surface area (Å²) in [7, 11) is 0. The molecule has 3 heterocycles. The van der Waals surface area contributed by atoms with E-state index in [4.69, 9.17) is 4.74 Å². The number of ether oxygens (including phenoxy) is 1. The first-order chi connectivity index (χ1) is 7.92. The maximum atomic E-state index is 5.87. The second-order valence-electron chi connectivity index (χ2n) is 4.40. The van der Waals surface area contributed by atoms with Gasteiger partial charge in [0.25, 0.3) is 0 Å². The molecule has 0 aromatic carbocycles. The highest BCUT2D eigenvalue weighted by atomic mass is 16.5. The van der Waals surface area contributed by atoms with Gasteiger partial charge in [-0.1, -0.05) is 0 Å². The van der Waals surface area contributed by atoms with Crippen LogP contribution < -0.4 is 10.1 Å². The summed E-state index contributed by atoms with van der Waals surface area (Å²) >= 11 is 0. The fourth-order valence-corrected chi connectivity index (χ4v) is 2.54. The third-order valence-electron chi connectivity index (χ3n) is 3.28. The molecule has 2 fully saturated rings. The van der Waals surface area contributed by atoms with Crippen LogP contribution in [-0.2, 0) is 0 Å². The number of nitrogens with one attached hydrogen (secondary N) is 1. The van der Waals surface area contributed by atoms with Crippen LogP contribution in [0.25, 0.3) is 0 Å². The standard InChI is InChI=1S/C11H16N4O/c1-2-15-7-10(3-9(15)4-12-1)16-11-5-13-8-14-6-11/h5-6,8-10,12H,1-4,7H2. The first-order valence-electron chi connectivity index (χ1n) is 5.78. The van der Waals surface area contributed by atoms with E-state index in [-0.39, 0.29) is 6.10 Å². The minimum Gasteiger partial charge on any atom is -0.486 e. The van der Waals surface area contributed by atoms with Gasteiger partial charge in [-0.3, -0.25) is 4.90 Å². The van der Waals surface area contributed by atoms with Crippen LogP contribution in [0.3, 0.4) is 0 Å². The third-order valence-corrected chi connectivity index (χ3v) is 3.28. The first kappa shape index (κ1) is 9.99. The van der Waals surface area contributed by atoms with Crippen molar-refractivity contribution in [2.75, 3.05) is 26.2 Å². The van der Waals surface area contributed by atoms with Crippen LogP contribution in [0.5, 0.6) is 5.75 Å². The Hall–Kier alpha value is -1.20. The summed E-state index contributed by atoms with van der Waals surface area (Å²) in [6, 6.07) is 0.642. The smallest absolute Gasteiger partial charge is 0.156 e. The molecular weight excluding hydrogens is 204 g/mol. The van der Waals surface area contributed by atoms with Gasteiger partial charge in [-0.25, -0.2) is 9.97 Å². The minimum absolute atomic E-state index is 0.288. The van der Waals surface area contributed by atoms with E-state index in [9.17, 15) is 0 Å². The zero-order valence-corrected chi connectivity index (χ0v) is 9.17. The van der Waals surface area contributed by atoms with E-state index in [1.54, 1.807) is 12.4 Å². The van der Waals surface area contributed by atoms with Crippen LogP contribution in [0.1, 0.15) is 6.42 Å². The average Bonchev–Trinajstić information content (AvgIpc) is 2.72. The summed E-state index contributed by atoms with van der Waals surface area (Å²) in [5, 5.41) is 3.42. The summed E-state index contributed by atoms with van der Waals surface area (Å²) in [5.74, 6) is 0.778. The quantitative estimate of drug-likeness (QED) is 0.754. The van der Waals surface area contributed by atoms with Gasteiger partial charge >= 0.3 is 0 Å². The Morgan fingerprint density at radius 1 is 1.38 bits per heavy atom. The van der Waals surface area contributed by atoms with E-state index in [0.29, 0.717) is 6.04 Å². The lowest BCUT2D eigenvalue weighted by molar-refractivity contribution is 0.186. The van der Waals surface area contributed by atoms with Crippen molar-refractivity contribution < 1.29 is 4.74 Å². The van der Waals surface area contributed by atoms with Gasteiger partial charge in [-0.15, -0.1) is 0 Å². The van der Waals surface area contributed by atoms with Gasteiger partial charge in [-0.2, -0.15) is 0 Å². The highest BCUT2D eigenvalue weighted by molar-refractivity contribution is 5.11. The normalized spacial score (nSPS) is 30.0. The van der Waals surface area contributed by atoms with Crippen LogP contribution in [0.15, 0.2) is 18.7 Å². The van der Waals surface area contributed by atoms with E-state index in [1.165, 1.54) is 6.33 Å². The topological polar surface area (TPSA) is 50.3 Å². The number of hydrogen-bond acceptors (Lipinski definition) is 5. The zero-order valence-electron chi connectivity index (χ0n) is 9.17. The highest BCUT2D eigenvalue weighted by Crippen LogP contribution is 2.22. The van der Waals surface area contributed by atoms with Crippen molar-refractivity contribution in [1.29, 1.82) is 0 Å². The molecule has 2 aliphatic rings. The van der Waals surface area contributed by atoms with Crippen molar-refractivity contribution in [2.24, 2.45) is 0 Å². The molecule has 16 heavy (non-hydrogen) atoms. The molecule has 2 saturated heterocycles. The third kappa shape index (κ3) is 2.01. The van der Waals surface area contributed by atoms with Gasteiger partial charge < -0.3 is 10.1 Å². The number of hydrogen-bond donors (Lipinski definition) is 1. The maximum absolute atomic E-state index is 5.87. The monoisotopic (exact) mass is 220 g/mol. The lowest BCUT2D eigenvalue weighted by Crippen LogP contribution is -2.47. The van der Waals surface area contributed by atoms with Crippen LogP contribution >= 0.6 is 0 Å². The highest BCUT2D eigenvalue weighted by Gasteiger charge is 2.34. The molecule has 86 valence electrons. The molecule has 0 bridgehead atoms. The fraction of sp³-hybridized carbons (Fsp3) is 0.636. The molecule has 2 atom stereocenters. The molecule has 2 unspecified atom stereocenters. The molecule has 0 spiro atoms. The Bertz CT molecular complexity index is 331. The van der Waals surface area contributed by atoms with Gasteiger partial charge in [0.05, 0.1) is 12.4 Å². The molecule has 1 aromatic heterocycles. The SMILES string of the molecule is c1ncc(OC2CC3CNCCN3C2)cn1. The summed E-state index contributed by atoms with van der Waals surface area (Å²) in [6.45, 7) is 4.35. The molecule has 0 amide bonds. The van der Waals surface area contributed by atoms with Crippen molar-refractivity contribution in [3.05, 3.63) is 18.7 Å². The van der Waals surface area contributed by atoms with Gasteiger partial charge in [0.15, 0.2) is 5.75 Å². The fourth-order valence-electron chi connectivity index (χ4n) is 2.54. The first-order valence-corrected chi connectivity index (χ1v) is 5.78. The molecule has 5 nitrogen and oxygen atoms in total. The second kappa shape index (κ2) is 4.35. The average molecular weight is 220 g/mol. The summed E-state index contributed by atoms with van der Waals surface area (Å²) in [6.07, 6.45) is 6.36. The van der Waals surface area contributed by atoms with Crippen molar-refractivity contribution >= 4 is 0 Å². The van der Waals surface area contributed by atoms with E-state index >= 15 is 0 Å². The van der Waals surface area contributed by atoms with Gasteiger partial charge in [0.2, 0.25) is 0 Å². The number of rotatable bonds is 2. The number of aromatic nitrogens is 2. The van der Waals surface area contributed by atoms with Gasteiger partial charge in [0, 0.05) is 38.6 Å². The number of piperazine rings is 1.